The van der Waals surface area contributed by atoms with Crippen molar-refractivity contribution in [1.29, 1.82) is 0 Å². The molecule has 0 spiro atoms. The zero-order chi connectivity index (χ0) is 14.3. The Morgan fingerprint density at radius 1 is 1.47 bits per heavy atom. The van der Waals surface area contributed by atoms with Crippen molar-refractivity contribution in [2.24, 2.45) is 5.92 Å². The zero-order valence-electron chi connectivity index (χ0n) is 10.5. The largest absolute Gasteiger partial charge is 0.391 e. The molecule has 1 fully saturated rings. The van der Waals surface area contributed by atoms with Gasteiger partial charge in [0.15, 0.2) is 0 Å². The fourth-order valence-corrected chi connectivity index (χ4v) is 3.04. The van der Waals surface area contributed by atoms with Gasteiger partial charge in [-0.05, 0) is 32.6 Å². The van der Waals surface area contributed by atoms with Gasteiger partial charge >= 0.3 is 6.18 Å². The molecule has 0 aliphatic heterocycles. The van der Waals surface area contributed by atoms with Crippen molar-refractivity contribution < 1.29 is 18.3 Å². The van der Waals surface area contributed by atoms with Gasteiger partial charge in [-0.2, -0.15) is 18.3 Å². The van der Waals surface area contributed by atoms with Gasteiger partial charge in [0.25, 0.3) is 0 Å². The van der Waals surface area contributed by atoms with Gasteiger partial charge in [0.2, 0.25) is 0 Å². The van der Waals surface area contributed by atoms with Crippen LogP contribution in [-0.4, -0.2) is 21.1 Å². The number of aromatic nitrogens is 2. The third-order valence-electron chi connectivity index (χ3n) is 3.81. The van der Waals surface area contributed by atoms with Crippen molar-refractivity contribution in [3.63, 3.8) is 0 Å². The van der Waals surface area contributed by atoms with Crippen LogP contribution in [0.4, 0.5) is 13.2 Å². The maximum absolute atomic E-state index is 12.6. The van der Waals surface area contributed by atoms with Crippen LogP contribution >= 0.6 is 11.6 Å². The van der Waals surface area contributed by atoms with Crippen LogP contribution in [0.1, 0.15) is 38.3 Å². The van der Waals surface area contributed by atoms with Crippen molar-refractivity contribution in [2.75, 3.05) is 0 Å². The van der Waals surface area contributed by atoms with Gasteiger partial charge in [0.1, 0.15) is 5.60 Å². The number of nitrogens with zero attached hydrogens (tertiary/aromatic N) is 2. The second-order valence-electron chi connectivity index (χ2n) is 5.00. The molecule has 1 aromatic rings. The van der Waals surface area contributed by atoms with E-state index in [1.807, 2.05) is 6.92 Å². The first-order valence-electron chi connectivity index (χ1n) is 6.29. The summed E-state index contributed by atoms with van der Waals surface area (Å²) in [6.45, 7) is 2.37. The number of hydrogen-bond donors (Lipinski definition) is 1. The lowest BCUT2D eigenvalue weighted by atomic mass is 9.77. The second kappa shape index (κ2) is 4.98. The molecule has 108 valence electrons. The summed E-state index contributed by atoms with van der Waals surface area (Å²) in [5, 5.41) is 14.9. The Bertz CT molecular complexity index is 450. The van der Waals surface area contributed by atoms with Gasteiger partial charge in [-0.15, -0.1) is 0 Å². The van der Waals surface area contributed by atoms with Gasteiger partial charge in [0, 0.05) is 6.54 Å². The Balaban J connectivity index is 2.20. The summed E-state index contributed by atoms with van der Waals surface area (Å²) in [5.41, 5.74) is -0.858. The van der Waals surface area contributed by atoms with E-state index in [1.54, 1.807) is 4.68 Å². The number of alkyl halides is 3. The van der Waals surface area contributed by atoms with Crippen LogP contribution in [-0.2, 0) is 12.1 Å². The lowest BCUT2D eigenvalue weighted by molar-refractivity contribution is -0.193. The van der Waals surface area contributed by atoms with E-state index in [0.29, 0.717) is 17.3 Å². The molecule has 0 amide bonds. The van der Waals surface area contributed by atoms with Gasteiger partial charge in [-0.1, -0.05) is 11.6 Å². The van der Waals surface area contributed by atoms with Crippen LogP contribution in [0.5, 0.6) is 0 Å². The van der Waals surface area contributed by atoms with Crippen LogP contribution in [0.2, 0.25) is 5.02 Å². The standard InChI is InChI=1S/C12H16ClF3N2O/c1-2-18-10(9(13)7-17-18)11(19)5-3-8(4-6-11)12(14,15)16/h7-8,19H,2-6H2,1H3. The van der Waals surface area contributed by atoms with Gasteiger partial charge < -0.3 is 5.11 Å². The van der Waals surface area contributed by atoms with E-state index in [0.717, 1.165) is 0 Å². The lowest BCUT2D eigenvalue weighted by Gasteiger charge is -2.37. The average molecular weight is 297 g/mol. The minimum absolute atomic E-state index is 0.0581. The Morgan fingerprint density at radius 2 is 2.05 bits per heavy atom. The quantitative estimate of drug-likeness (QED) is 0.907. The predicted octanol–water partition coefficient (Wildman–Crippen LogP) is 3.50. The normalized spacial score (nSPS) is 28.6. The maximum Gasteiger partial charge on any atom is 0.391 e. The molecule has 19 heavy (non-hydrogen) atoms. The summed E-state index contributed by atoms with van der Waals surface area (Å²) < 4.78 is 39.5. The van der Waals surface area contributed by atoms with Crippen molar-refractivity contribution in [3.05, 3.63) is 16.9 Å². The lowest BCUT2D eigenvalue weighted by Crippen LogP contribution is -2.38. The van der Waals surface area contributed by atoms with Crippen molar-refractivity contribution in [1.82, 2.24) is 9.78 Å². The highest BCUT2D eigenvalue weighted by atomic mass is 35.5. The van der Waals surface area contributed by atoms with E-state index in [2.05, 4.69) is 5.10 Å². The molecular weight excluding hydrogens is 281 g/mol. The van der Waals surface area contributed by atoms with E-state index < -0.39 is 17.7 Å². The highest BCUT2D eigenvalue weighted by molar-refractivity contribution is 6.31. The minimum Gasteiger partial charge on any atom is -0.384 e. The van der Waals surface area contributed by atoms with Crippen LogP contribution < -0.4 is 0 Å². The van der Waals surface area contributed by atoms with Gasteiger partial charge in [-0.25, -0.2) is 0 Å². The summed E-state index contributed by atoms with van der Waals surface area (Å²) >= 11 is 6.01. The van der Waals surface area contributed by atoms with Crippen molar-refractivity contribution in [3.8, 4) is 0 Å². The van der Waals surface area contributed by atoms with E-state index in [4.69, 9.17) is 11.6 Å². The smallest absolute Gasteiger partial charge is 0.384 e. The summed E-state index contributed by atoms with van der Waals surface area (Å²) in [7, 11) is 0. The van der Waals surface area contributed by atoms with Crippen molar-refractivity contribution >= 4 is 11.6 Å². The SMILES string of the molecule is CCn1ncc(Cl)c1C1(O)CCC(C(F)(F)F)CC1. The molecular formula is C12H16ClF3N2O. The van der Waals surface area contributed by atoms with Gasteiger partial charge in [0.05, 0.1) is 22.8 Å². The fraction of sp³-hybridized carbons (Fsp3) is 0.750. The highest BCUT2D eigenvalue weighted by Crippen LogP contribution is 2.46. The Morgan fingerprint density at radius 3 is 2.53 bits per heavy atom. The summed E-state index contributed by atoms with van der Waals surface area (Å²) in [6, 6.07) is 0. The number of aryl methyl sites for hydroxylation is 1. The minimum atomic E-state index is -4.18. The molecule has 1 heterocycles. The van der Waals surface area contributed by atoms with E-state index in [-0.39, 0.29) is 25.7 Å². The molecule has 0 unspecified atom stereocenters. The molecule has 1 N–H and O–H groups in total. The monoisotopic (exact) mass is 296 g/mol. The highest BCUT2D eigenvalue weighted by Gasteiger charge is 2.47. The first-order chi connectivity index (χ1) is 8.78. The molecule has 1 aromatic heterocycles. The van der Waals surface area contributed by atoms with Crippen LogP contribution in [0.25, 0.3) is 0 Å². The van der Waals surface area contributed by atoms with Gasteiger partial charge in [-0.3, -0.25) is 4.68 Å². The Hall–Kier alpha value is -0.750. The summed E-state index contributed by atoms with van der Waals surface area (Å²) in [4.78, 5) is 0. The molecule has 1 saturated carbocycles. The summed E-state index contributed by atoms with van der Waals surface area (Å²) in [5.74, 6) is -1.33. The molecule has 0 aromatic carbocycles. The third-order valence-corrected chi connectivity index (χ3v) is 4.09. The second-order valence-corrected chi connectivity index (χ2v) is 5.41. The predicted molar refractivity (Wildman–Crippen MR) is 64.8 cm³/mol. The Labute approximate surface area is 114 Å². The van der Waals surface area contributed by atoms with E-state index in [1.165, 1.54) is 6.20 Å². The number of halogens is 4. The topological polar surface area (TPSA) is 38.0 Å². The molecule has 1 aliphatic rings. The molecule has 1 aliphatic carbocycles. The molecule has 0 radical (unpaired) electrons. The average Bonchev–Trinajstić information content (AvgIpc) is 2.70. The number of rotatable bonds is 2. The molecule has 7 heteroatoms. The summed E-state index contributed by atoms with van der Waals surface area (Å²) in [6.07, 6.45) is -2.80. The number of aliphatic hydroxyl groups is 1. The molecule has 0 bridgehead atoms. The third kappa shape index (κ3) is 2.74. The van der Waals surface area contributed by atoms with Crippen molar-refractivity contribution in [2.45, 2.75) is 50.9 Å². The zero-order valence-corrected chi connectivity index (χ0v) is 11.3. The molecule has 0 saturated heterocycles. The van der Waals surface area contributed by atoms with Crippen LogP contribution in [0.15, 0.2) is 6.20 Å². The molecule has 3 nitrogen and oxygen atoms in total. The van der Waals surface area contributed by atoms with Crippen LogP contribution in [0.3, 0.4) is 0 Å². The van der Waals surface area contributed by atoms with Crippen LogP contribution in [0, 0.1) is 5.92 Å². The first-order valence-corrected chi connectivity index (χ1v) is 6.66. The Kier molecular flexibility index (Phi) is 3.84. The molecule has 0 atom stereocenters. The number of hydrogen-bond acceptors (Lipinski definition) is 2. The fourth-order valence-electron chi connectivity index (χ4n) is 2.72. The first kappa shape index (κ1) is 14.7. The van der Waals surface area contributed by atoms with E-state index in [9.17, 15) is 18.3 Å². The molecule has 2 rings (SSSR count). The maximum atomic E-state index is 12.6. The van der Waals surface area contributed by atoms with E-state index >= 15 is 0 Å².